The Hall–Kier alpha value is -0.410. The molecular weight excluding hydrogens is 107 g/mol. The molecule has 1 aliphatic heterocycles. The molecule has 0 radical (unpaired) electrons. The average molecular weight is 116 g/mol. The molecule has 1 fully saturated rings. The van der Waals surface area contributed by atoms with Crippen molar-refractivity contribution in [2.24, 2.45) is 5.73 Å². The van der Waals surface area contributed by atoms with E-state index in [1.54, 1.807) is 0 Å². The van der Waals surface area contributed by atoms with Crippen molar-refractivity contribution in [3.8, 4) is 0 Å². The molecule has 0 aromatic rings. The quantitative estimate of drug-likeness (QED) is 0.496. The predicted molar refractivity (Wildman–Crippen MR) is 30.1 cm³/mol. The molecule has 2 nitrogen and oxygen atoms in total. The molecule has 0 aliphatic carbocycles. The Morgan fingerprint density at radius 3 is 2.50 bits per heavy atom. The summed E-state index contributed by atoms with van der Waals surface area (Å²) in [6.07, 6.45) is 0. The molecule has 1 heterocycles. The number of halogens is 1. The minimum atomic E-state index is -0.149. The molecule has 0 aromatic carbocycles. The number of nitrogens with one attached hydrogen (secondary N) is 1. The van der Waals surface area contributed by atoms with Crippen LogP contribution in [0.25, 0.3) is 0 Å². The largest absolute Gasteiger partial charge is 0.325 e. The van der Waals surface area contributed by atoms with Crippen LogP contribution in [0.5, 0.6) is 0 Å². The molecular formula is C5H9FN2. The smallest absolute Gasteiger partial charge is 0.115 e. The first-order chi connectivity index (χ1) is 3.84. The van der Waals surface area contributed by atoms with Gasteiger partial charge in [-0.15, -0.1) is 0 Å². The number of hydrogen-bond donors (Lipinski definition) is 2. The highest BCUT2D eigenvalue weighted by molar-refractivity contribution is 5.18. The third kappa shape index (κ3) is 0.877. The zero-order valence-corrected chi connectivity index (χ0v) is 4.58. The molecule has 0 unspecified atom stereocenters. The molecule has 0 atom stereocenters. The van der Waals surface area contributed by atoms with Gasteiger partial charge in [-0.2, -0.15) is 0 Å². The third-order valence-corrected chi connectivity index (χ3v) is 1.24. The summed E-state index contributed by atoms with van der Waals surface area (Å²) in [5, 5.41) is 2.92. The summed E-state index contributed by atoms with van der Waals surface area (Å²) >= 11 is 0. The van der Waals surface area contributed by atoms with Gasteiger partial charge in [0.1, 0.15) is 5.83 Å². The van der Waals surface area contributed by atoms with E-state index in [4.69, 9.17) is 5.73 Å². The molecule has 0 bridgehead atoms. The van der Waals surface area contributed by atoms with Crippen LogP contribution in [0.3, 0.4) is 0 Å². The molecule has 3 N–H and O–H groups in total. The second kappa shape index (κ2) is 2.24. The SMILES string of the molecule is NCC(F)=C1CNC1. The fourth-order valence-corrected chi connectivity index (χ4v) is 0.586. The maximum absolute atomic E-state index is 12.3. The summed E-state index contributed by atoms with van der Waals surface area (Å²) < 4.78 is 12.3. The maximum atomic E-state index is 12.3. The van der Waals surface area contributed by atoms with Gasteiger partial charge in [0, 0.05) is 19.6 Å². The van der Waals surface area contributed by atoms with E-state index in [0.717, 1.165) is 5.57 Å². The minimum Gasteiger partial charge on any atom is -0.325 e. The van der Waals surface area contributed by atoms with Gasteiger partial charge in [-0.25, -0.2) is 4.39 Å². The highest BCUT2D eigenvalue weighted by Crippen LogP contribution is 2.07. The summed E-state index contributed by atoms with van der Waals surface area (Å²) in [6.45, 7) is 1.42. The van der Waals surface area contributed by atoms with Crippen molar-refractivity contribution in [3.05, 3.63) is 11.4 Å². The van der Waals surface area contributed by atoms with E-state index in [0.29, 0.717) is 13.1 Å². The van der Waals surface area contributed by atoms with Crippen molar-refractivity contribution in [1.29, 1.82) is 0 Å². The first kappa shape index (κ1) is 5.72. The lowest BCUT2D eigenvalue weighted by molar-refractivity contribution is 0.551. The minimum absolute atomic E-state index is 0.0526. The van der Waals surface area contributed by atoms with E-state index in [2.05, 4.69) is 5.32 Å². The second-order valence-electron chi connectivity index (χ2n) is 1.82. The van der Waals surface area contributed by atoms with E-state index in [-0.39, 0.29) is 12.4 Å². The van der Waals surface area contributed by atoms with E-state index >= 15 is 0 Å². The fraction of sp³-hybridized carbons (Fsp3) is 0.600. The average Bonchev–Trinajstić information content (AvgIpc) is 1.62. The number of nitrogens with two attached hydrogens (primary N) is 1. The van der Waals surface area contributed by atoms with Crippen LogP contribution >= 0.6 is 0 Å². The first-order valence-corrected chi connectivity index (χ1v) is 2.61. The van der Waals surface area contributed by atoms with Crippen LogP contribution in [0, 0.1) is 0 Å². The molecule has 1 rings (SSSR count). The van der Waals surface area contributed by atoms with Gasteiger partial charge in [0.2, 0.25) is 0 Å². The zero-order valence-electron chi connectivity index (χ0n) is 4.58. The van der Waals surface area contributed by atoms with Crippen molar-refractivity contribution in [2.45, 2.75) is 0 Å². The number of hydrogen-bond acceptors (Lipinski definition) is 2. The van der Waals surface area contributed by atoms with Gasteiger partial charge < -0.3 is 11.1 Å². The van der Waals surface area contributed by atoms with Crippen molar-refractivity contribution in [1.82, 2.24) is 5.32 Å². The normalized spacial score (nSPS) is 18.0. The molecule has 46 valence electrons. The van der Waals surface area contributed by atoms with Crippen LogP contribution in [-0.4, -0.2) is 19.6 Å². The molecule has 1 aliphatic rings. The Kier molecular flexibility index (Phi) is 1.60. The van der Waals surface area contributed by atoms with Crippen LogP contribution in [0.15, 0.2) is 11.4 Å². The molecule has 8 heavy (non-hydrogen) atoms. The third-order valence-electron chi connectivity index (χ3n) is 1.24. The first-order valence-electron chi connectivity index (χ1n) is 2.61. The van der Waals surface area contributed by atoms with Gasteiger partial charge in [-0.05, 0) is 5.57 Å². The monoisotopic (exact) mass is 116 g/mol. The van der Waals surface area contributed by atoms with Gasteiger partial charge in [0.15, 0.2) is 0 Å². The van der Waals surface area contributed by atoms with Crippen LogP contribution in [0.2, 0.25) is 0 Å². The van der Waals surface area contributed by atoms with Gasteiger partial charge >= 0.3 is 0 Å². The fourth-order valence-electron chi connectivity index (χ4n) is 0.586. The summed E-state index contributed by atoms with van der Waals surface area (Å²) in [5.74, 6) is -0.149. The van der Waals surface area contributed by atoms with Gasteiger partial charge in [-0.1, -0.05) is 0 Å². The Bertz CT molecular complexity index is 108. The summed E-state index contributed by atoms with van der Waals surface area (Å²) in [5.41, 5.74) is 5.85. The Morgan fingerprint density at radius 1 is 1.75 bits per heavy atom. The Labute approximate surface area is 47.6 Å². The zero-order chi connectivity index (χ0) is 5.98. The van der Waals surface area contributed by atoms with E-state index in [1.165, 1.54) is 0 Å². The van der Waals surface area contributed by atoms with Crippen molar-refractivity contribution < 1.29 is 4.39 Å². The van der Waals surface area contributed by atoms with E-state index < -0.39 is 0 Å². The van der Waals surface area contributed by atoms with E-state index in [9.17, 15) is 4.39 Å². The topological polar surface area (TPSA) is 38.0 Å². The van der Waals surface area contributed by atoms with Crippen LogP contribution in [0.4, 0.5) is 4.39 Å². The molecule has 0 amide bonds. The lowest BCUT2D eigenvalue weighted by Gasteiger charge is -2.18. The van der Waals surface area contributed by atoms with Crippen molar-refractivity contribution >= 4 is 0 Å². The highest BCUT2D eigenvalue weighted by Gasteiger charge is 2.11. The van der Waals surface area contributed by atoms with Crippen molar-refractivity contribution in [2.75, 3.05) is 19.6 Å². The highest BCUT2D eigenvalue weighted by atomic mass is 19.1. The second-order valence-corrected chi connectivity index (χ2v) is 1.82. The van der Waals surface area contributed by atoms with E-state index in [1.807, 2.05) is 0 Å². The van der Waals surface area contributed by atoms with Gasteiger partial charge in [0.05, 0.1) is 0 Å². The van der Waals surface area contributed by atoms with Crippen LogP contribution in [-0.2, 0) is 0 Å². The van der Waals surface area contributed by atoms with Gasteiger partial charge in [-0.3, -0.25) is 0 Å². The van der Waals surface area contributed by atoms with Crippen LogP contribution in [0.1, 0.15) is 0 Å². The Morgan fingerprint density at radius 2 is 2.38 bits per heavy atom. The lowest BCUT2D eigenvalue weighted by Crippen LogP contribution is -2.35. The van der Waals surface area contributed by atoms with Crippen LogP contribution < -0.4 is 11.1 Å². The lowest BCUT2D eigenvalue weighted by atomic mass is 10.1. The molecule has 1 saturated heterocycles. The molecule has 0 saturated carbocycles. The predicted octanol–water partition coefficient (Wildman–Crippen LogP) is -0.228. The molecule has 3 heteroatoms. The Balaban J connectivity index is 2.47. The summed E-state index contributed by atoms with van der Waals surface area (Å²) in [7, 11) is 0. The van der Waals surface area contributed by atoms with Gasteiger partial charge in [0.25, 0.3) is 0 Å². The summed E-state index contributed by atoms with van der Waals surface area (Å²) in [6, 6.07) is 0. The standard InChI is InChI=1S/C5H9FN2/c6-5(1-7)4-2-8-3-4/h8H,1-3,7H2. The molecule has 0 spiro atoms. The maximum Gasteiger partial charge on any atom is 0.115 e. The number of rotatable bonds is 1. The summed E-state index contributed by atoms with van der Waals surface area (Å²) in [4.78, 5) is 0. The van der Waals surface area contributed by atoms with Crippen molar-refractivity contribution in [3.63, 3.8) is 0 Å². The molecule has 0 aromatic heterocycles.